The topological polar surface area (TPSA) is 54.5 Å². The number of hydrogen-bond acceptors (Lipinski definition) is 3. The van der Waals surface area contributed by atoms with E-state index in [1.54, 1.807) is 0 Å². The van der Waals surface area contributed by atoms with Crippen molar-refractivity contribution in [2.75, 3.05) is 0 Å². The summed E-state index contributed by atoms with van der Waals surface area (Å²) in [4.78, 5) is 0. The zero-order valence-corrected chi connectivity index (χ0v) is 10.7. The second-order valence-electron chi connectivity index (χ2n) is 3.56. The molecule has 0 radical (unpaired) electrons. The number of rotatable bonds is 4. The summed E-state index contributed by atoms with van der Waals surface area (Å²) < 4.78 is 0. The van der Waals surface area contributed by atoms with Crippen LogP contribution in [0.25, 0.3) is 0 Å². The third kappa shape index (κ3) is 3.98. The molecule has 4 nitrogen and oxygen atoms in total. The number of hydrogen-bond donors (Lipinski definition) is 1. The monoisotopic (exact) mass is 232 g/mol. The maximum atomic E-state index is 4.04. The van der Waals surface area contributed by atoms with Crippen molar-refractivity contribution in [3.63, 3.8) is 0 Å². The second kappa shape index (κ2) is 7.54. The van der Waals surface area contributed by atoms with Crippen LogP contribution in [0.3, 0.4) is 0 Å². The predicted molar refractivity (Wildman–Crippen MR) is 68.7 cm³/mol. The molecule has 17 heavy (non-hydrogen) atoms. The highest BCUT2D eigenvalue weighted by molar-refractivity contribution is 5.17. The standard InChI is InChI=1S/C11H14N4.C2H6/c1-2-10(11-12-14-15-13-11)8-9-6-4-3-5-7-9;1-2/h3-7,10H,2,8H2,1H3,(H,12,13,14,15);1-2H3. The molecule has 0 spiro atoms. The lowest BCUT2D eigenvalue weighted by atomic mass is 9.96. The van der Waals surface area contributed by atoms with Gasteiger partial charge in [0.1, 0.15) is 0 Å². The molecule has 0 aliphatic carbocycles. The zero-order chi connectivity index (χ0) is 12.5. The molecule has 0 saturated heterocycles. The van der Waals surface area contributed by atoms with E-state index in [1.165, 1.54) is 5.56 Å². The summed E-state index contributed by atoms with van der Waals surface area (Å²) in [5.41, 5.74) is 1.31. The molecule has 1 aromatic carbocycles. The second-order valence-corrected chi connectivity index (χ2v) is 3.56. The van der Waals surface area contributed by atoms with Crippen molar-refractivity contribution >= 4 is 0 Å². The maximum Gasteiger partial charge on any atom is 0.177 e. The van der Waals surface area contributed by atoms with Gasteiger partial charge in [-0.05, 0) is 18.4 Å². The minimum Gasteiger partial charge on any atom is -0.177 e. The van der Waals surface area contributed by atoms with E-state index in [2.05, 4.69) is 51.8 Å². The molecule has 1 N–H and O–H groups in total. The van der Waals surface area contributed by atoms with Crippen LogP contribution in [0.15, 0.2) is 30.3 Å². The minimum absolute atomic E-state index is 0.353. The van der Waals surface area contributed by atoms with Crippen molar-refractivity contribution in [1.82, 2.24) is 20.6 Å². The van der Waals surface area contributed by atoms with Gasteiger partial charge in [0.15, 0.2) is 5.82 Å². The summed E-state index contributed by atoms with van der Waals surface area (Å²) in [5, 5.41) is 14.2. The fraction of sp³-hybridized carbons (Fsp3) is 0.462. The molecule has 92 valence electrons. The highest BCUT2D eigenvalue weighted by Gasteiger charge is 2.14. The van der Waals surface area contributed by atoms with E-state index in [0.717, 1.165) is 18.7 Å². The third-order valence-corrected chi connectivity index (χ3v) is 2.54. The average Bonchev–Trinajstić information content (AvgIpc) is 2.93. The van der Waals surface area contributed by atoms with Crippen molar-refractivity contribution in [3.05, 3.63) is 41.7 Å². The lowest BCUT2D eigenvalue weighted by molar-refractivity contribution is 0.618. The molecule has 1 atom stereocenters. The van der Waals surface area contributed by atoms with Crippen LogP contribution in [-0.2, 0) is 6.42 Å². The van der Waals surface area contributed by atoms with Gasteiger partial charge < -0.3 is 0 Å². The molecule has 4 heteroatoms. The number of H-pyrrole nitrogens is 1. The highest BCUT2D eigenvalue weighted by atomic mass is 15.5. The Morgan fingerprint density at radius 3 is 2.41 bits per heavy atom. The van der Waals surface area contributed by atoms with Gasteiger partial charge >= 0.3 is 0 Å². The summed E-state index contributed by atoms with van der Waals surface area (Å²) in [6, 6.07) is 10.4. The normalized spacial score (nSPS) is 11.5. The molecule has 0 fully saturated rings. The Balaban J connectivity index is 0.000000686. The summed E-state index contributed by atoms with van der Waals surface area (Å²) >= 11 is 0. The number of nitrogens with one attached hydrogen (secondary N) is 1. The Hall–Kier alpha value is -1.71. The lowest BCUT2D eigenvalue weighted by Crippen LogP contribution is -2.04. The molecule has 0 bridgehead atoms. The number of nitrogens with zero attached hydrogens (tertiary/aromatic N) is 3. The summed E-state index contributed by atoms with van der Waals surface area (Å²) in [7, 11) is 0. The highest BCUT2D eigenvalue weighted by Crippen LogP contribution is 2.19. The molecular weight excluding hydrogens is 212 g/mol. The van der Waals surface area contributed by atoms with E-state index in [9.17, 15) is 0 Å². The van der Waals surface area contributed by atoms with Crippen molar-refractivity contribution in [3.8, 4) is 0 Å². The van der Waals surface area contributed by atoms with Crippen molar-refractivity contribution in [1.29, 1.82) is 0 Å². The average molecular weight is 232 g/mol. The predicted octanol–water partition coefficient (Wildman–Crippen LogP) is 2.96. The van der Waals surface area contributed by atoms with Gasteiger partial charge in [0.2, 0.25) is 0 Å². The molecule has 0 amide bonds. The zero-order valence-electron chi connectivity index (χ0n) is 10.7. The third-order valence-electron chi connectivity index (χ3n) is 2.54. The van der Waals surface area contributed by atoms with E-state index in [1.807, 2.05) is 19.9 Å². The fourth-order valence-electron chi connectivity index (χ4n) is 1.66. The molecular formula is C13H20N4. The van der Waals surface area contributed by atoms with E-state index in [-0.39, 0.29) is 0 Å². The molecule has 0 aliphatic rings. The first-order chi connectivity index (χ1) is 8.40. The van der Waals surface area contributed by atoms with Crippen LogP contribution in [0.5, 0.6) is 0 Å². The fourth-order valence-corrected chi connectivity index (χ4v) is 1.66. The maximum absolute atomic E-state index is 4.04. The van der Waals surface area contributed by atoms with Gasteiger partial charge in [-0.25, -0.2) is 0 Å². The van der Waals surface area contributed by atoms with Gasteiger partial charge in [0.25, 0.3) is 0 Å². The molecule has 1 aromatic heterocycles. The van der Waals surface area contributed by atoms with Crippen LogP contribution < -0.4 is 0 Å². The van der Waals surface area contributed by atoms with E-state index >= 15 is 0 Å². The van der Waals surface area contributed by atoms with Crippen LogP contribution in [0, 0.1) is 0 Å². The van der Waals surface area contributed by atoms with Crippen LogP contribution in [0.4, 0.5) is 0 Å². The first-order valence-electron chi connectivity index (χ1n) is 6.17. The van der Waals surface area contributed by atoms with Crippen molar-refractivity contribution in [2.24, 2.45) is 0 Å². The summed E-state index contributed by atoms with van der Waals surface area (Å²) in [6.07, 6.45) is 1.99. The SMILES string of the molecule is CC.CCC(Cc1ccccc1)c1nn[nH]n1. The van der Waals surface area contributed by atoms with Crippen molar-refractivity contribution in [2.45, 2.75) is 39.5 Å². The van der Waals surface area contributed by atoms with Crippen molar-refractivity contribution < 1.29 is 0 Å². The van der Waals surface area contributed by atoms with Gasteiger partial charge in [0, 0.05) is 5.92 Å². The molecule has 1 unspecified atom stereocenters. The first-order valence-corrected chi connectivity index (χ1v) is 6.17. The smallest absolute Gasteiger partial charge is 0.177 e. The number of tetrazole rings is 1. The molecule has 0 saturated carbocycles. The minimum atomic E-state index is 0.353. The van der Waals surface area contributed by atoms with Crippen LogP contribution in [0.1, 0.15) is 44.5 Å². The summed E-state index contributed by atoms with van der Waals surface area (Å²) in [6.45, 7) is 6.14. The summed E-state index contributed by atoms with van der Waals surface area (Å²) in [5.74, 6) is 1.16. The van der Waals surface area contributed by atoms with E-state index in [0.29, 0.717) is 5.92 Å². The largest absolute Gasteiger partial charge is 0.177 e. The molecule has 1 heterocycles. The van der Waals surface area contributed by atoms with E-state index < -0.39 is 0 Å². The van der Waals surface area contributed by atoms with Gasteiger partial charge in [-0.2, -0.15) is 5.21 Å². The Bertz CT molecular complexity index is 383. The molecule has 0 aliphatic heterocycles. The van der Waals surface area contributed by atoms with Crippen LogP contribution in [0.2, 0.25) is 0 Å². The van der Waals surface area contributed by atoms with Gasteiger partial charge in [-0.1, -0.05) is 56.3 Å². The molecule has 2 rings (SSSR count). The van der Waals surface area contributed by atoms with E-state index in [4.69, 9.17) is 0 Å². The number of aromatic amines is 1. The lowest BCUT2D eigenvalue weighted by Gasteiger charge is -2.09. The van der Waals surface area contributed by atoms with Gasteiger partial charge in [-0.3, -0.25) is 0 Å². The molecule has 2 aromatic rings. The van der Waals surface area contributed by atoms with Gasteiger partial charge in [0.05, 0.1) is 0 Å². The van der Waals surface area contributed by atoms with Gasteiger partial charge in [-0.15, -0.1) is 10.2 Å². The quantitative estimate of drug-likeness (QED) is 0.881. The van der Waals surface area contributed by atoms with Crippen LogP contribution >= 0.6 is 0 Å². The Morgan fingerprint density at radius 2 is 1.88 bits per heavy atom. The Morgan fingerprint density at radius 1 is 1.18 bits per heavy atom. The number of benzene rings is 1. The first kappa shape index (κ1) is 13.4. The number of aromatic nitrogens is 4. The Labute approximate surface area is 102 Å². The Kier molecular flexibility index (Phi) is 5.93. The van der Waals surface area contributed by atoms with Crippen LogP contribution in [-0.4, -0.2) is 20.6 Å².